The fraction of sp³-hybridized carbons (Fsp3) is 0. The van der Waals surface area contributed by atoms with Crippen LogP contribution in [0, 0.1) is 0 Å². The second-order valence-corrected chi connectivity index (χ2v) is 5.54. The number of rotatable bonds is 2. The van der Waals surface area contributed by atoms with Crippen molar-refractivity contribution < 1.29 is 4.79 Å². The topological polar surface area (TPSA) is 32.9 Å². The minimum atomic E-state index is -0.189. The predicted octanol–water partition coefficient (Wildman–Crippen LogP) is 5.36. The lowest BCUT2D eigenvalue weighted by atomic mass is 10.0. The molecule has 0 spiro atoms. The van der Waals surface area contributed by atoms with Crippen LogP contribution in [0.4, 0.5) is 0 Å². The normalized spacial score (nSPS) is 10.9. The van der Waals surface area contributed by atoms with E-state index in [2.05, 4.69) is 4.98 Å². The minimum absolute atomic E-state index is 0.189. The minimum Gasteiger partial charge on any atom is -0.360 e. The van der Waals surface area contributed by atoms with Gasteiger partial charge in [-0.3, -0.25) is 4.79 Å². The standard InChI is InChI=1S/C15H8Cl3NO/c16-8-4-5-13-10(6-8)11(7-19-13)15(20)9-2-1-3-12(17)14(9)18/h1-7,19H. The Balaban J connectivity index is 2.18. The molecule has 5 heteroatoms. The van der Waals surface area contributed by atoms with Crippen LogP contribution in [-0.2, 0) is 0 Å². The Labute approximate surface area is 130 Å². The van der Waals surface area contributed by atoms with E-state index >= 15 is 0 Å². The zero-order chi connectivity index (χ0) is 14.3. The molecule has 3 aromatic rings. The van der Waals surface area contributed by atoms with Gasteiger partial charge < -0.3 is 4.98 Å². The number of halogens is 3. The van der Waals surface area contributed by atoms with Crippen LogP contribution in [0.1, 0.15) is 15.9 Å². The van der Waals surface area contributed by atoms with Gasteiger partial charge in [0.1, 0.15) is 0 Å². The first kappa shape index (κ1) is 13.5. The molecular formula is C15H8Cl3NO. The van der Waals surface area contributed by atoms with Crippen molar-refractivity contribution in [2.45, 2.75) is 0 Å². The van der Waals surface area contributed by atoms with Gasteiger partial charge in [-0.2, -0.15) is 0 Å². The number of benzene rings is 2. The Hall–Kier alpha value is -1.48. The summed E-state index contributed by atoms with van der Waals surface area (Å²) in [6.07, 6.45) is 1.65. The number of carbonyl (C=O) groups excluding carboxylic acids is 1. The van der Waals surface area contributed by atoms with E-state index in [4.69, 9.17) is 34.8 Å². The summed E-state index contributed by atoms with van der Waals surface area (Å²) in [5.74, 6) is -0.189. The molecule has 0 radical (unpaired) electrons. The van der Waals surface area contributed by atoms with E-state index < -0.39 is 0 Å². The van der Waals surface area contributed by atoms with Gasteiger partial charge in [-0.05, 0) is 30.3 Å². The summed E-state index contributed by atoms with van der Waals surface area (Å²) in [7, 11) is 0. The zero-order valence-corrected chi connectivity index (χ0v) is 12.4. The van der Waals surface area contributed by atoms with Crippen molar-refractivity contribution in [1.29, 1.82) is 0 Å². The van der Waals surface area contributed by atoms with Gasteiger partial charge >= 0.3 is 0 Å². The van der Waals surface area contributed by atoms with E-state index in [0.717, 1.165) is 10.9 Å². The molecule has 1 aromatic heterocycles. The number of aromatic nitrogens is 1. The Kier molecular flexibility index (Phi) is 3.47. The molecule has 0 aliphatic rings. The third-order valence-corrected chi connectivity index (χ3v) is 4.14. The van der Waals surface area contributed by atoms with Crippen molar-refractivity contribution in [3.8, 4) is 0 Å². The van der Waals surface area contributed by atoms with E-state index in [9.17, 15) is 4.79 Å². The molecule has 3 rings (SSSR count). The molecular weight excluding hydrogens is 317 g/mol. The molecule has 1 heterocycles. The third kappa shape index (κ3) is 2.20. The van der Waals surface area contributed by atoms with Crippen LogP contribution in [0.25, 0.3) is 10.9 Å². The summed E-state index contributed by atoms with van der Waals surface area (Å²) >= 11 is 18.0. The lowest BCUT2D eigenvalue weighted by molar-refractivity contribution is 0.104. The first-order valence-electron chi connectivity index (χ1n) is 5.83. The van der Waals surface area contributed by atoms with Crippen LogP contribution in [0.15, 0.2) is 42.6 Å². The summed E-state index contributed by atoms with van der Waals surface area (Å²) in [4.78, 5) is 15.6. The number of H-pyrrole nitrogens is 1. The van der Waals surface area contributed by atoms with Gasteiger partial charge in [0.25, 0.3) is 0 Å². The van der Waals surface area contributed by atoms with Gasteiger partial charge in [-0.1, -0.05) is 40.9 Å². The van der Waals surface area contributed by atoms with E-state index in [1.807, 2.05) is 6.07 Å². The molecule has 20 heavy (non-hydrogen) atoms. The molecule has 100 valence electrons. The predicted molar refractivity (Wildman–Crippen MR) is 83.2 cm³/mol. The molecule has 2 aromatic carbocycles. The van der Waals surface area contributed by atoms with Crippen LogP contribution < -0.4 is 0 Å². The van der Waals surface area contributed by atoms with E-state index in [1.165, 1.54) is 0 Å². The zero-order valence-electron chi connectivity index (χ0n) is 10.1. The number of hydrogen-bond donors (Lipinski definition) is 1. The third-order valence-electron chi connectivity index (χ3n) is 3.08. The maximum absolute atomic E-state index is 12.6. The lowest BCUT2D eigenvalue weighted by Crippen LogP contribution is -2.01. The molecule has 0 aliphatic heterocycles. The van der Waals surface area contributed by atoms with Crippen molar-refractivity contribution in [1.82, 2.24) is 4.98 Å². The van der Waals surface area contributed by atoms with Gasteiger partial charge in [0.05, 0.1) is 10.0 Å². The largest absolute Gasteiger partial charge is 0.360 e. The maximum atomic E-state index is 12.6. The van der Waals surface area contributed by atoms with Gasteiger partial charge in [-0.25, -0.2) is 0 Å². The molecule has 0 fully saturated rings. The molecule has 1 N–H and O–H groups in total. The summed E-state index contributed by atoms with van der Waals surface area (Å²) in [5, 5.41) is 1.95. The fourth-order valence-corrected chi connectivity index (χ4v) is 2.66. The number of aromatic amines is 1. The van der Waals surface area contributed by atoms with Crippen LogP contribution in [0.3, 0.4) is 0 Å². The van der Waals surface area contributed by atoms with Crippen LogP contribution in [0.5, 0.6) is 0 Å². The quantitative estimate of drug-likeness (QED) is 0.632. The maximum Gasteiger partial charge on any atom is 0.196 e. The average Bonchev–Trinajstić information content (AvgIpc) is 2.84. The van der Waals surface area contributed by atoms with Gasteiger partial charge in [0.2, 0.25) is 0 Å². The van der Waals surface area contributed by atoms with Crippen molar-refractivity contribution in [3.05, 3.63) is 68.8 Å². The van der Waals surface area contributed by atoms with Crippen molar-refractivity contribution in [3.63, 3.8) is 0 Å². The first-order valence-corrected chi connectivity index (χ1v) is 6.96. The van der Waals surface area contributed by atoms with E-state index in [-0.39, 0.29) is 10.8 Å². The molecule has 0 saturated heterocycles. The molecule has 0 atom stereocenters. The SMILES string of the molecule is O=C(c1cccc(Cl)c1Cl)c1c[nH]c2ccc(Cl)cc12. The van der Waals surface area contributed by atoms with Crippen LogP contribution in [0.2, 0.25) is 15.1 Å². The Morgan fingerprint density at radius 3 is 2.60 bits per heavy atom. The van der Waals surface area contributed by atoms with E-state index in [0.29, 0.717) is 21.2 Å². The number of carbonyl (C=O) groups is 1. The smallest absolute Gasteiger partial charge is 0.196 e. The van der Waals surface area contributed by atoms with Gasteiger partial charge in [0.15, 0.2) is 5.78 Å². The fourth-order valence-electron chi connectivity index (χ4n) is 2.10. The highest BCUT2D eigenvalue weighted by molar-refractivity contribution is 6.44. The van der Waals surface area contributed by atoms with Crippen LogP contribution in [-0.4, -0.2) is 10.8 Å². The van der Waals surface area contributed by atoms with Crippen LogP contribution >= 0.6 is 34.8 Å². The second kappa shape index (κ2) is 5.13. The summed E-state index contributed by atoms with van der Waals surface area (Å²) < 4.78 is 0. The Bertz CT molecular complexity index is 823. The first-order chi connectivity index (χ1) is 9.58. The highest BCUT2D eigenvalue weighted by Crippen LogP contribution is 2.30. The number of fused-ring (bicyclic) bond motifs is 1. The Morgan fingerprint density at radius 1 is 1.00 bits per heavy atom. The number of ketones is 1. The monoisotopic (exact) mass is 323 g/mol. The summed E-state index contributed by atoms with van der Waals surface area (Å²) in [6.45, 7) is 0. The summed E-state index contributed by atoms with van der Waals surface area (Å²) in [5.41, 5.74) is 1.74. The Morgan fingerprint density at radius 2 is 1.80 bits per heavy atom. The van der Waals surface area contributed by atoms with E-state index in [1.54, 1.807) is 36.5 Å². The van der Waals surface area contributed by atoms with Crippen molar-refractivity contribution in [2.24, 2.45) is 0 Å². The summed E-state index contributed by atoms with van der Waals surface area (Å²) in [6, 6.07) is 10.3. The van der Waals surface area contributed by atoms with Gasteiger partial charge in [-0.15, -0.1) is 0 Å². The molecule has 0 unspecified atom stereocenters. The lowest BCUT2D eigenvalue weighted by Gasteiger charge is -2.04. The van der Waals surface area contributed by atoms with Crippen molar-refractivity contribution >= 4 is 51.5 Å². The molecule has 0 bridgehead atoms. The molecule has 0 aliphatic carbocycles. The highest BCUT2D eigenvalue weighted by Gasteiger charge is 2.18. The second-order valence-electron chi connectivity index (χ2n) is 4.32. The number of hydrogen-bond acceptors (Lipinski definition) is 1. The number of nitrogens with one attached hydrogen (secondary N) is 1. The van der Waals surface area contributed by atoms with Gasteiger partial charge in [0, 0.05) is 33.2 Å². The molecule has 2 nitrogen and oxygen atoms in total. The average molecular weight is 325 g/mol. The highest BCUT2D eigenvalue weighted by atomic mass is 35.5. The molecule has 0 saturated carbocycles. The molecule has 0 amide bonds. The van der Waals surface area contributed by atoms with Crippen molar-refractivity contribution in [2.75, 3.05) is 0 Å².